The first-order valence-corrected chi connectivity index (χ1v) is 4.18. The fraction of sp³-hybridized carbons (Fsp3) is 0.750. The lowest BCUT2D eigenvalue weighted by atomic mass is 10.1. The van der Waals surface area contributed by atoms with E-state index in [2.05, 4.69) is 4.74 Å². The number of imide groups is 1. The maximum Gasteiger partial charge on any atom is 0.416 e. The van der Waals surface area contributed by atoms with Gasteiger partial charge in [0.05, 0.1) is 13.2 Å². The third kappa shape index (κ3) is 2.40. The van der Waals surface area contributed by atoms with E-state index in [1.54, 1.807) is 6.92 Å². The SMILES string of the molecule is CC(CF)CC(=O)N1CCOC1=O. The lowest BCUT2D eigenvalue weighted by molar-refractivity contribution is -0.128. The summed E-state index contributed by atoms with van der Waals surface area (Å²) in [7, 11) is 0. The number of hydrogen-bond acceptors (Lipinski definition) is 3. The van der Waals surface area contributed by atoms with Crippen molar-refractivity contribution in [3.8, 4) is 0 Å². The second-order valence-corrected chi connectivity index (χ2v) is 3.12. The van der Waals surface area contributed by atoms with Gasteiger partial charge in [0, 0.05) is 6.42 Å². The van der Waals surface area contributed by atoms with Crippen LogP contribution in [0.15, 0.2) is 0 Å². The quantitative estimate of drug-likeness (QED) is 0.664. The monoisotopic (exact) mass is 189 g/mol. The summed E-state index contributed by atoms with van der Waals surface area (Å²) in [5, 5.41) is 0. The average molecular weight is 189 g/mol. The Hall–Kier alpha value is -1.13. The van der Waals surface area contributed by atoms with E-state index < -0.39 is 12.8 Å². The maximum absolute atomic E-state index is 12.0. The van der Waals surface area contributed by atoms with E-state index in [1.165, 1.54) is 0 Å². The topological polar surface area (TPSA) is 46.6 Å². The zero-order valence-electron chi connectivity index (χ0n) is 7.46. The van der Waals surface area contributed by atoms with Crippen LogP contribution < -0.4 is 0 Å². The molecule has 0 N–H and O–H groups in total. The van der Waals surface area contributed by atoms with Gasteiger partial charge in [0.25, 0.3) is 0 Å². The van der Waals surface area contributed by atoms with Gasteiger partial charge in [0.15, 0.2) is 0 Å². The van der Waals surface area contributed by atoms with Crippen LogP contribution in [0.25, 0.3) is 0 Å². The number of halogens is 1. The number of ether oxygens (including phenoxy) is 1. The van der Waals surface area contributed by atoms with Crippen LogP contribution in [-0.2, 0) is 9.53 Å². The number of nitrogens with zero attached hydrogens (tertiary/aromatic N) is 1. The van der Waals surface area contributed by atoms with Crippen molar-refractivity contribution in [1.82, 2.24) is 4.90 Å². The minimum Gasteiger partial charge on any atom is -0.447 e. The molecule has 4 nitrogen and oxygen atoms in total. The lowest BCUT2D eigenvalue weighted by Crippen LogP contribution is -2.32. The van der Waals surface area contributed by atoms with Gasteiger partial charge in [-0.2, -0.15) is 0 Å². The molecular formula is C8H12FNO3. The molecule has 0 aliphatic carbocycles. The predicted octanol–water partition coefficient (Wildman–Crippen LogP) is 0.961. The van der Waals surface area contributed by atoms with Crippen molar-refractivity contribution in [3.63, 3.8) is 0 Å². The summed E-state index contributed by atoms with van der Waals surface area (Å²) in [5.41, 5.74) is 0. The fourth-order valence-corrected chi connectivity index (χ4v) is 1.08. The Morgan fingerprint density at radius 1 is 1.77 bits per heavy atom. The maximum atomic E-state index is 12.0. The number of cyclic esters (lactones) is 1. The Labute approximate surface area is 75.6 Å². The Morgan fingerprint density at radius 2 is 2.46 bits per heavy atom. The summed E-state index contributed by atoms with van der Waals surface area (Å²) in [6.45, 7) is 1.61. The third-order valence-electron chi connectivity index (χ3n) is 1.85. The van der Waals surface area contributed by atoms with E-state index in [9.17, 15) is 14.0 Å². The highest BCUT2D eigenvalue weighted by molar-refractivity contribution is 5.92. The van der Waals surface area contributed by atoms with E-state index in [1.807, 2.05) is 0 Å². The minimum atomic E-state index is -0.615. The number of carbonyl (C=O) groups excluding carboxylic acids is 2. The number of rotatable bonds is 3. The average Bonchev–Trinajstić information content (AvgIpc) is 2.51. The molecule has 0 aromatic heterocycles. The van der Waals surface area contributed by atoms with Crippen molar-refractivity contribution < 1.29 is 18.7 Å². The first kappa shape index (κ1) is 9.95. The van der Waals surface area contributed by atoms with Crippen LogP contribution in [0.4, 0.5) is 9.18 Å². The molecular weight excluding hydrogens is 177 g/mol. The molecule has 0 aromatic rings. The molecule has 1 unspecified atom stereocenters. The van der Waals surface area contributed by atoms with Crippen molar-refractivity contribution >= 4 is 12.0 Å². The van der Waals surface area contributed by atoms with Gasteiger partial charge in [-0.1, -0.05) is 6.92 Å². The normalized spacial score (nSPS) is 18.6. The molecule has 0 radical (unpaired) electrons. The van der Waals surface area contributed by atoms with Crippen LogP contribution >= 0.6 is 0 Å². The van der Waals surface area contributed by atoms with Crippen LogP contribution in [0.1, 0.15) is 13.3 Å². The second kappa shape index (κ2) is 4.20. The molecule has 5 heteroatoms. The van der Waals surface area contributed by atoms with E-state index >= 15 is 0 Å². The molecule has 0 bridgehead atoms. The number of amides is 2. The zero-order chi connectivity index (χ0) is 9.84. The number of hydrogen-bond donors (Lipinski definition) is 0. The molecule has 1 rings (SSSR count). The molecule has 74 valence electrons. The number of carbonyl (C=O) groups is 2. The molecule has 1 atom stereocenters. The van der Waals surface area contributed by atoms with Gasteiger partial charge in [0.1, 0.15) is 6.61 Å². The van der Waals surface area contributed by atoms with Gasteiger partial charge in [-0.15, -0.1) is 0 Å². The van der Waals surface area contributed by atoms with Crippen LogP contribution in [0.3, 0.4) is 0 Å². The highest BCUT2D eigenvalue weighted by Crippen LogP contribution is 2.10. The molecule has 1 saturated heterocycles. The van der Waals surface area contributed by atoms with Crippen LogP contribution in [0.5, 0.6) is 0 Å². The molecule has 1 aliphatic heterocycles. The summed E-state index contributed by atoms with van der Waals surface area (Å²) < 4.78 is 16.6. The Balaban J connectivity index is 2.43. The smallest absolute Gasteiger partial charge is 0.416 e. The summed E-state index contributed by atoms with van der Waals surface area (Å²) in [6, 6.07) is 0. The molecule has 1 aliphatic rings. The highest BCUT2D eigenvalue weighted by Gasteiger charge is 2.28. The zero-order valence-corrected chi connectivity index (χ0v) is 7.46. The van der Waals surface area contributed by atoms with E-state index in [0.717, 1.165) is 4.90 Å². The minimum absolute atomic E-state index is 0.0611. The first-order chi connectivity index (χ1) is 6.15. The Kier molecular flexibility index (Phi) is 3.22. The standard InChI is InChI=1S/C8H12FNO3/c1-6(5-9)4-7(11)10-2-3-13-8(10)12/h6H,2-5H2,1H3. The van der Waals surface area contributed by atoms with Crippen LogP contribution in [-0.4, -0.2) is 36.7 Å². The van der Waals surface area contributed by atoms with Crippen molar-refractivity contribution in [2.45, 2.75) is 13.3 Å². The van der Waals surface area contributed by atoms with Gasteiger partial charge in [-0.25, -0.2) is 9.69 Å². The van der Waals surface area contributed by atoms with Crippen molar-refractivity contribution in [2.75, 3.05) is 19.8 Å². The van der Waals surface area contributed by atoms with Crippen LogP contribution in [0, 0.1) is 5.92 Å². The molecule has 0 aromatic carbocycles. The summed E-state index contributed by atoms with van der Waals surface area (Å²) >= 11 is 0. The van der Waals surface area contributed by atoms with E-state index in [4.69, 9.17) is 0 Å². The van der Waals surface area contributed by atoms with Gasteiger partial charge in [-0.3, -0.25) is 9.18 Å². The van der Waals surface area contributed by atoms with Gasteiger partial charge < -0.3 is 4.74 Å². The van der Waals surface area contributed by atoms with Crippen LogP contribution in [0.2, 0.25) is 0 Å². The number of alkyl halides is 1. The molecule has 0 saturated carbocycles. The van der Waals surface area contributed by atoms with Crippen molar-refractivity contribution in [1.29, 1.82) is 0 Å². The Bertz CT molecular complexity index is 219. The molecule has 0 spiro atoms. The molecule has 1 heterocycles. The van der Waals surface area contributed by atoms with Gasteiger partial charge in [-0.05, 0) is 5.92 Å². The summed E-state index contributed by atoms with van der Waals surface area (Å²) in [6.07, 6.45) is -0.554. The highest BCUT2D eigenvalue weighted by atomic mass is 19.1. The Morgan fingerprint density at radius 3 is 2.92 bits per heavy atom. The largest absolute Gasteiger partial charge is 0.447 e. The summed E-state index contributed by atoms with van der Waals surface area (Å²) in [4.78, 5) is 23.2. The first-order valence-electron chi connectivity index (χ1n) is 4.18. The molecule has 2 amide bonds. The van der Waals surface area contributed by atoms with Crippen molar-refractivity contribution in [3.05, 3.63) is 0 Å². The third-order valence-corrected chi connectivity index (χ3v) is 1.85. The van der Waals surface area contributed by atoms with E-state index in [0.29, 0.717) is 0 Å². The van der Waals surface area contributed by atoms with Crippen molar-refractivity contribution in [2.24, 2.45) is 5.92 Å². The van der Waals surface area contributed by atoms with E-state index in [-0.39, 0.29) is 31.4 Å². The lowest BCUT2D eigenvalue weighted by Gasteiger charge is -2.12. The van der Waals surface area contributed by atoms with Gasteiger partial charge in [0.2, 0.25) is 5.91 Å². The predicted molar refractivity (Wildman–Crippen MR) is 42.8 cm³/mol. The fourth-order valence-electron chi connectivity index (χ4n) is 1.08. The molecule has 1 fully saturated rings. The summed E-state index contributed by atoms with van der Waals surface area (Å²) in [5.74, 6) is -0.687. The second-order valence-electron chi connectivity index (χ2n) is 3.12. The van der Waals surface area contributed by atoms with Gasteiger partial charge >= 0.3 is 6.09 Å². The molecule has 13 heavy (non-hydrogen) atoms.